The first-order chi connectivity index (χ1) is 15.8. The monoisotopic (exact) mass is 528 g/mol. The lowest BCUT2D eigenvalue weighted by Gasteiger charge is -2.13. The lowest BCUT2D eigenvalue weighted by Crippen LogP contribution is -2.36. The van der Waals surface area contributed by atoms with E-state index in [0.29, 0.717) is 21.6 Å². The molecule has 1 heterocycles. The van der Waals surface area contributed by atoms with E-state index in [2.05, 4.69) is 32.0 Å². The van der Waals surface area contributed by atoms with Crippen LogP contribution in [0.15, 0.2) is 77.3 Å². The van der Waals surface area contributed by atoms with Crippen LogP contribution in [0.2, 0.25) is 5.02 Å². The molecule has 33 heavy (non-hydrogen) atoms. The highest BCUT2D eigenvalue weighted by Crippen LogP contribution is 2.25. The number of nitrogens with zero attached hydrogens (tertiary/aromatic N) is 1. The molecule has 0 aliphatic carbocycles. The number of amides is 3. The van der Waals surface area contributed by atoms with E-state index in [-0.39, 0.29) is 11.4 Å². The fourth-order valence-corrected chi connectivity index (χ4v) is 3.66. The quantitative estimate of drug-likeness (QED) is 0.319. The van der Waals surface area contributed by atoms with Crippen LogP contribution in [0.3, 0.4) is 0 Å². The molecule has 4 aromatic rings. The summed E-state index contributed by atoms with van der Waals surface area (Å²) >= 11 is 9.51. The van der Waals surface area contributed by atoms with Crippen LogP contribution >= 0.6 is 27.5 Å². The Labute approximate surface area is 200 Å². The molecule has 1 aromatic heterocycles. The molecule has 0 atom stereocenters. The number of rotatable bonds is 4. The predicted molar refractivity (Wildman–Crippen MR) is 128 cm³/mol. The molecule has 4 rings (SSSR count). The Bertz CT molecular complexity index is 1390. The van der Waals surface area contributed by atoms with E-state index < -0.39 is 23.5 Å². The van der Waals surface area contributed by atoms with E-state index in [1.807, 2.05) is 0 Å². The minimum atomic E-state index is -1.02. The van der Waals surface area contributed by atoms with Crippen LogP contribution in [0.1, 0.15) is 10.5 Å². The summed E-state index contributed by atoms with van der Waals surface area (Å²) in [4.78, 5) is 38.0. The number of carbonyl (C=O) groups is 3. The van der Waals surface area contributed by atoms with Crippen LogP contribution in [0.4, 0.5) is 15.8 Å². The van der Waals surface area contributed by atoms with Crippen molar-refractivity contribution in [2.24, 2.45) is 0 Å². The maximum Gasteiger partial charge on any atom is 0.328 e. The van der Waals surface area contributed by atoms with Gasteiger partial charge in [-0.2, -0.15) is 0 Å². The minimum Gasteiger partial charge on any atom is -0.319 e. The number of hydrogen-bond donors (Lipinski definition) is 3. The van der Waals surface area contributed by atoms with Crippen LogP contribution in [0.5, 0.6) is 0 Å². The topological polar surface area (TPSA) is 92.2 Å². The smallest absolute Gasteiger partial charge is 0.319 e. The molecule has 3 aromatic carbocycles. The molecule has 3 N–H and O–H groups in total. The average molecular weight is 530 g/mol. The Balaban J connectivity index is 1.63. The number of halogens is 3. The van der Waals surface area contributed by atoms with Crippen LogP contribution in [0.25, 0.3) is 10.9 Å². The molecule has 3 amide bonds. The second-order valence-electron chi connectivity index (χ2n) is 6.90. The van der Waals surface area contributed by atoms with Crippen molar-refractivity contribution in [2.45, 2.75) is 0 Å². The Morgan fingerprint density at radius 1 is 0.879 bits per heavy atom. The third-order valence-electron chi connectivity index (χ3n) is 4.64. The van der Waals surface area contributed by atoms with Gasteiger partial charge in [-0.05, 0) is 60.7 Å². The zero-order chi connectivity index (χ0) is 23.5. The van der Waals surface area contributed by atoms with Crippen molar-refractivity contribution >= 4 is 67.5 Å². The van der Waals surface area contributed by atoms with E-state index >= 15 is 0 Å². The van der Waals surface area contributed by atoms with Gasteiger partial charge in [0, 0.05) is 15.5 Å². The van der Waals surface area contributed by atoms with Gasteiger partial charge >= 0.3 is 11.8 Å². The SMILES string of the molecule is O=C(Nc1ccc(F)cc1)C(=O)Nn1c(C(=O)Nc2ccccc2Cl)cc2cc(Br)ccc21. The molecular formula is C23H15BrClFN4O3. The molecule has 0 aliphatic heterocycles. The van der Waals surface area contributed by atoms with Crippen molar-refractivity contribution < 1.29 is 18.8 Å². The summed E-state index contributed by atoms with van der Waals surface area (Å²) in [5.74, 6) is -3.03. The third-order valence-corrected chi connectivity index (χ3v) is 5.46. The number of fused-ring (bicyclic) bond motifs is 1. The largest absolute Gasteiger partial charge is 0.328 e. The van der Waals surface area contributed by atoms with Crippen LogP contribution < -0.4 is 16.1 Å². The Morgan fingerprint density at radius 3 is 2.33 bits per heavy atom. The van der Waals surface area contributed by atoms with Gasteiger partial charge in [0.15, 0.2) is 0 Å². The minimum absolute atomic E-state index is 0.0750. The Hall–Kier alpha value is -3.69. The summed E-state index contributed by atoms with van der Waals surface area (Å²) < 4.78 is 15.1. The van der Waals surface area contributed by atoms with Crippen LogP contribution in [-0.4, -0.2) is 22.4 Å². The highest BCUT2D eigenvalue weighted by molar-refractivity contribution is 9.10. The first-order valence-electron chi connectivity index (χ1n) is 9.56. The van der Waals surface area contributed by atoms with Gasteiger partial charge in [-0.3, -0.25) is 19.8 Å². The normalized spacial score (nSPS) is 10.6. The molecular weight excluding hydrogens is 515 g/mol. The Morgan fingerprint density at radius 2 is 1.61 bits per heavy atom. The van der Waals surface area contributed by atoms with Crippen molar-refractivity contribution in [2.75, 3.05) is 16.1 Å². The summed E-state index contributed by atoms with van der Waals surface area (Å²) in [6, 6.07) is 18.4. The molecule has 0 spiro atoms. The van der Waals surface area contributed by atoms with Gasteiger partial charge in [0.05, 0.1) is 16.2 Å². The zero-order valence-electron chi connectivity index (χ0n) is 16.7. The summed E-state index contributed by atoms with van der Waals surface area (Å²) in [5.41, 5.74) is 3.65. The van der Waals surface area contributed by atoms with Gasteiger partial charge in [0.2, 0.25) is 0 Å². The van der Waals surface area contributed by atoms with Crippen molar-refractivity contribution in [3.8, 4) is 0 Å². The molecule has 10 heteroatoms. The standard InChI is InChI=1S/C23H15BrClFN4O3/c24-14-5-10-19-13(11-14)12-20(21(31)28-18-4-2-1-3-17(18)25)30(19)29-23(33)22(32)27-16-8-6-15(26)7-9-16/h1-12H,(H,27,32)(H,28,31)(H,29,33). The second kappa shape index (κ2) is 9.43. The highest BCUT2D eigenvalue weighted by Gasteiger charge is 2.21. The molecule has 0 saturated heterocycles. The number of nitrogens with one attached hydrogen (secondary N) is 3. The van der Waals surface area contributed by atoms with E-state index in [9.17, 15) is 18.8 Å². The van der Waals surface area contributed by atoms with Gasteiger partial charge < -0.3 is 10.6 Å². The van der Waals surface area contributed by atoms with Crippen molar-refractivity contribution in [1.29, 1.82) is 0 Å². The maximum absolute atomic E-state index is 13.1. The molecule has 0 unspecified atom stereocenters. The van der Waals surface area contributed by atoms with Crippen molar-refractivity contribution in [3.63, 3.8) is 0 Å². The van der Waals surface area contributed by atoms with E-state index in [0.717, 1.165) is 16.6 Å². The van der Waals surface area contributed by atoms with Gasteiger partial charge in [0.1, 0.15) is 11.5 Å². The van der Waals surface area contributed by atoms with E-state index in [4.69, 9.17) is 11.6 Å². The number of carbonyl (C=O) groups excluding carboxylic acids is 3. The molecule has 0 bridgehead atoms. The number of anilines is 2. The van der Waals surface area contributed by atoms with Gasteiger partial charge in [-0.15, -0.1) is 0 Å². The van der Waals surface area contributed by atoms with Crippen LogP contribution in [-0.2, 0) is 9.59 Å². The molecule has 0 radical (unpaired) electrons. The fraction of sp³-hybridized carbons (Fsp3) is 0. The predicted octanol–water partition coefficient (Wildman–Crippen LogP) is 5.16. The molecule has 0 aliphatic rings. The summed E-state index contributed by atoms with van der Waals surface area (Å²) in [6.07, 6.45) is 0. The highest BCUT2D eigenvalue weighted by atomic mass is 79.9. The molecule has 0 fully saturated rings. The maximum atomic E-state index is 13.1. The molecule has 0 saturated carbocycles. The summed E-state index contributed by atoms with van der Waals surface area (Å²) in [7, 11) is 0. The Kier molecular flexibility index (Phi) is 6.43. The first-order valence-corrected chi connectivity index (χ1v) is 10.7. The molecule has 7 nitrogen and oxygen atoms in total. The fourth-order valence-electron chi connectivity index (χ4n) is 3.10. The van der Waals surface area contributed by atoms with E-state index in [1.165, 1.54) is 16.8 Å². The zero-order valence-corrected chi connectivity index (χ0v) is 19.1. The van der Waals surface area contributed by atoms with E-state index in [1.54, 1.807) is 48.5 Å². The average Bonchev–Trinajstić information content (AvgIpc) is 3.14. The third kappa shape index (κ3) is 5.05. The lowest BCUT2D eigenvalue weighted by molar-refractivity contribution is -0.133. The van der Waals surface area contributed by atoms with Gasteiger partial charge in [0.25, 0.3) is 5.91 Å². The molecule has 166 valence electrons. The van der Waals surface area contributed by atoms with Crippen molar-refractivity contribution in [1.82, 2.24) is 4.68 Å². The number of para-hydroxylation sites is 1. The van der Waals surface area contributed by atoms with Crippen molar-refractivity contribution in [3.05, 3.63) is 93.8 Å². The first kappa shape index (κ1) is 22.5. The van der Waals surface area contributed by atoms with Crippen LogP contribution in [0, 0.1) is 5.82 Å². The number of benzene rings is 3. The number of hydrogen-bond acceptors (Lipinski definition) is 3. The lowest BCUT2D eigenvalue weighted by atomic mass is 10.2. The van der Waals surface area contributed by atoms with Gasteiger partial charge in [-0.25, -0.2) is 9.07 Å². The number of aromatic nitrogens is 1. The summed E-state index contributed by atoms with van der Waals surface area (Å²) in [6.45, 7) is 0. The second-order valence-corrected chi connectivity index (χ2v) is 8.23. The summed E-state index contributed by atoms with van der Waals surface area (Å²) in [5, 5.41) is 6.07. The van der Waals surface area contributed by atoms with Gasteiger partial charge in [-0.1, -0.05) is 39.7 Å².